The van der Waals surface area contributed by atoms with Gasteiger partial charge in [-0.2, -0.15) is 0 Å². The van der Waals surface area contributed by atoms with Crippen LogP contribution in [0.15, 0.2) is 23.3 Å². The highest BCUT2D eigenvalue weighted by Gasteiger charge is 2.68. The fraction of sp³-hybridized carbons (Fsp3) is 0.773. The number of aliphatic carboxylic acids is 1. The maximum atomic E-state index is 12.1. The van der Waals surface area contributed by atoms with E-state index in [-0.39, 0.29) is 23.9 Å². The van der Waals surface area contributed by atoms with E-state index in [9.17, 15) is 25.2 Å². The Hall–Kier alpha value is -1.21. The Morgan fingerprint density at radius 1 is 1.29 bits per heavy atom. The summed E-state index contributed by atoms with van der Waals surface area (Å²) >= 11 is 0. The van der Waals surface area contributed by atoms with E-state index >= 15 is 0 Å². The normalized spacial score (nSPS) is 50.1. The van der Waals surface area contributed by atoms with E-state index in [1.165, 1.54) is 11.6 Å². The molecular weight excluding hydrogens is 360 g/mol. The van der Waals surface area contributed by atoms with Crippen molar-refractivity contribution in [3.63, 3.8) is 0 Å². The molecule has 8 atom stereocenters. The number of carboxylic acid groups (broad SMARTS) is 1. The Bertz CT molecular complexity index is 743. The first-order valence-corrected chi connectivity index (χ1v) is 10.4. The van der Waals surface area contributed by atoms with Gasteiger partial charge >= 0.3 is 5.97 Å². The molecule has 1 heterocycles. The fourth-order valence-electron chi connectivity index (χ4n) is 6.63. The summed E-state index contributed by atoms with van der Waals surface area (Å²) in [5.74, 6) is -0.610. The molecule has 0 aromatic rings. The minimum atomic E-state index is -0.902. The molecule has 6 heteroatoms. The van der Waals surface area contributed by atoms with Crippen LogP contribution in [0.1, 0.15) is 52.9 Å². The van der Waals surface area contributed by atoms with Crippen molar-refractivity contribution < 1.29 is 30.0 Å². The van der Waals surface area contributed by atoms with Crippen molar-refractivity contribution in [3.8, 4) is 0 Å². The number of aliphatic hydroxyl groups is 3. The van der Waals surface area contributed by atoms with Gasteiger partial charge in [0.1, 0.15) is 23.9 Å². The summed E-state index contributed by atoms with van der Waals surface area (Å²) in [5, 5.41) is 40.6. The van der Waals surface area contributed by atoms with Gasteiger partial charge in [-0.15, -0.1) is 0 Å². The predicted octanol–water partition coefficient (Wildman–Crippen LogP) is 2.03. The second kappa shape index (κ2) is 6.39. The van der Waals surface area contributed by atoms with E-state index in [2.05, 4.69) is 19.9 Å². The monoisotopic (exact) mass is 392 g/mol. The Kier molecular flexibility index (Phi) is 4.58. The van der Waals surface area contributed by atoms with Crippen molar-refractivity contribution in [2.75, 3.05) is 6.61 Å². The first-order chi connectivity index (χ1) is 13.1. The third kappa shape index (κ3) is 2.58. The number of allylic oxidation sites excluding steroid dienone is 2. The van der Waals surface area contributed by atoms with Gasteiger partial charge in [-0.3, -0.25) is 4.79 Å². The molecule has 0 aromatic carbocycles. The zero-order valence-electron chi connectivity index (χ0n) is 16.9. The highest BCUT2D eigenvalue weighted by Crippen LogP contribution is 2.63. The number of ether oxygens (including phenoxy) is 1. The summed E-state index contributed by atoms with van der Waals surface area (Å²) in [5.41, 5.74) is -0.170. The smallest absolute Gasteiger partial charge is 0.309 e. The highest BCUT2D eigenvalue weighted by atomic mass is 16.6. The van der Waals surface area contributed by atoms with Gasteiger partial charge in [0.2, 0.25) is 0 Å². The first kappa shape index (κ1) is 20.1. The lowest BCUT2D eigenvalue weighted by Gasteiger charge is -2.56. The van der Waals surface area contributed by atoms with E-state index in [1.807, 2.05) is 6.92 Å². The molecule has 156 valence electrons. The largest absolute Gasteiger partial charge is 0.481 e. The molecule has 0 aromatic heterocycles. The molecule has 1 aliphatic heterocycles. The van der Waals surface area contributed by atoms with Crippen LogP contribution in [0.4, 0.5) is 0 Å². The number of aliphatic hydroxyl groups excluding tert-OH is 3. The Morgan fingerprint density at radius 3 is 2.64 bits per heavy atom. The number of hydrogen-bond acceptors (Lipinski definition) is 5. The average molecular weight is 392 g/mol. The fourth-order valence-corrected chi connectivity index (χ4v) is 6.63. The average Bonchev–Trinajstić information content (AvgIpc) is 3.38. The van der Waals surface area contributed by atoms with Crippen molar-refractivity contribution in [2.24, 2.45) is 22.7 Å². The van der Waals surface area contributed by atoms with Gasteiger partial charge in [0.15, 0.2) is 0 Å². The van der Waals surface area contributed by atoms with Gasteiger partial charge in [0.25, 0.3) is 0 Å². The summed E-state index contributed by atoms with van der Waals surface area (Å²) in [4.78, 5) is 12.1. The molecule has 1 saturated heterocycles. The van der Waals surface area contributed by atoms with Crippen LogP contribution >= 0.6 is 0 Å². The molecule has 3 aliphatic carbocycles. The standard InChI is InChI=1S/C22H32O6/c1-12-5-6-15-20(2,7-4-8-21(15,3)19(26)27)14(12)10-22-16(24)9-13(11-23)17(25)18(22)28-22/h5,9,14-18,23-25H,4,6-8,10-11H2,1-3H3,(H,26,27)/t14-,15+,16-,17+,18+,20+,21-,22-/m1/s1. The van der Waals surface area contributed by atoms with Gasteiger partial charge in [0.05, 0.1) is 12.0 Å². The number of carboxylic acids is 1. The van der Waals surface area contributed by atoms with Crippen molar-refractivity contribution in [1.82, 2.24) is 0 Å². The minimum Gasteiger partial charge on any atom is -0.481 e. The lowest BCUT2D eigenvalue weighted by Crippen LogP contribution is -2.54. The molecule has 1 saturated carbocycles. The van der Waals surface area contributed by atoms with Crippen molar-refractivity contribution in [2.45, 2.75) is 76.8 Å². The van der Waals surface area contributed by atoms with Crippen molar-refractivity contribution in [3.05, 3.63) is 23.3 Å². The van der Waals surface area contributed by atoms with Crippen molar-refractivity contribution >= 4 is 5.97 Å². The van der Waals surface area contributed by atoms with Crippen LogP contribution in [-0.2, 0) is 9.53 Å². The number of fused-ring (bicyclic) bond motifs is 2. The molecule has 4 rings (SSSR count). The molecule has 6 nitrogen and oxygen atoms in total. The molecule has 0 spiro atoms. The Balaban J connectivity index is 1.67. The SMILES string of the molecule is CC1=CC[C@H]2[C@@](C)(CCC[C@@]2(C)C(=O)O)[C@@H]1C[C@]12O[C@H]1[C@@H](O)C(CO)=C[C@H]2O. The van der Waals surface area contributed by atoms with Crippen LogP contribution in [0, 0.1) is 22.7 Å². The Morgan fingerprint density at radius 2 is 2.00 bits per heavy atom. The maximum Gasteiger partial charge on any atom is 0.309 e. The third-order valence-electron chi connectivity index (χ3n) is 8.50. The second-order valence-corrected chi connectivity index (χ2v) is 9.86. The molecule has 0 bridgehead atoms. The lowest BCUT2D eigenvalue weighted by atomic mass is 9.47. The first-order valence-electron chi connectivity index (χ1n) is 10.4. The summed E-state index contributed by atoms with van der Waals surface area (Å²) in [6, 6.07) is 0. The zero-order valence-corrected chi connectivity index (χ0v) is 16.9. The van der Waals surface area contributed by atoms with Gasteiger partial charge in [0, 0.05) is 0 Å². The molecule has 4 aliphatic rings. The molecule has 0 unspecified atom stereocenters. The van der Waals surface area contributed by atoms with E-state index in [0.29, 0.717) is 18.4 Å². The van der Waals surface area contributed by atoms with E-state index in [4.69, 9.17) is 4.74 Å². The summed E-state index contributed by atoms with van der Waals surface area (Å²) in [6.07, 6.45) is 5.22. The van der Waals surface area contributed by atoms with Crippen LogP contribution < -0.4 is 0 Å². The van der Waals surface area contributed by atoms with Crippen LogP contribution in [0.3, 0.4) is 0 Å². The van der Waals surface area contributed by atoms with Crippen molar-refractivity contribution in [1.29, 1.82) is 0 Å². The molecule has 0 amide bonds. The van der Waals surface area contributed by atoms with E-state index in [1.54, 1.807) is 0 Å². The van der Waals surface area contributed by atoms with Crippen LogP contribution in [-0.4, -0.2) is 56.9 Å². The number of epoxide rings is 1. The second-order valence-electron chi connectivity index (χ2n) is 9.86. The third-order valence-corrected chi connectivity index (χ3v) is 8.50. The molecular formula is C22H32O6. The quantitative estimate of drug-likeness (QED) is 0.430. The maximum absolute atomic E-state index is 12.1. The lowest BCUT2D eigenvalue weighted by molar-refractivity contribution is -0.163. The van der Waals surface area contributed by atoms with Gasteiger partial charge < -0.3 is 25.2 Å². The summed E-state index contributed by atoms with van der Waals surface area (Å²) < 4.78 is 5.89. The molecule has 4 N–H and O–H groups in total. The molecule has 2 fully saturated rings. The van der Waals surface area contributed by atoms with Crippen LogP contribution in [0.2, 0.25) is 0 Å². The summed E-state index contributed by atoms with van der Waals surface area (Å²) in [6.45, 7) is 5.88. The highest BCUT2D eigenvalue weighted by molar-refractivity contribution is 5.75. The predicted molar refractivity (Wildman–Crippen MR) is 102 cm³/mol. The zero-order chi connectivity index (χ0) is 20.5. The van der Waals surface area contributed by atoms with Crippen LogP contribution in [0.5, 0.6) is 0 Å². The summed E-state index contributed by atoms with van der Waals surface area (Å²) in [7, 11) is 0. The van der Waals surface area contributed by atoms with Gasteiger partial charge in [-0.25, -0.2) is 0 Å². The molecule has 0 radical (unpaired) electrons. The van der Waals surface area contributed by atoms with Crippen LogP contribution in [0.25, 0.3) is 0 Å². The topological polar surface area (TPSA) is 111 Å². The van der Waals surface area contributed by atoms with E-state index < -0.39 is 35.3 Å². The Labute approximate surface area is 165 Å². The molecule has 28 heavy (non-hydrogen) atoms. The number of carbonyl (C=O) groups is 1. The number of rotatable bonds is 4. The number of hydrogen-bond donors (Lipinski definition) is 4. The van der Waals surface area contributed by atoms with Gasteiger partial charge in [-0.1, -0.05) is 25.0 Å². The van der Waals surface area contributed by atoms with E-state index in [0.717, 1.165) is 19.3 Å². The van der Waals surface area contributed by atoms with Gasteiger partial charge in [-0.05, 0) is 68.4 Å². The minimum absolute atomic E-state index is 0.0303.